The summed E-state index contributed by atoms with van der Waals surface area (Å²) in [7, 11) is 1.44. The third-order valence-corrected chi connectivity index (χ3v) is 6.34. The van der Waals surface area contributed by atoms with Gasteiger partial charge >= 0.3 is 5.97 Å². The number of benzene rings is 1. The summed E-state index contributed by atoms with van der Waals surface area (Å²) in [5, 5.41) is 0. The molecule has 1 aromatic carbocycles. The van der Waals surface area contributed by atoms with Crippen molar-refractivity contribution in [2.24, 2.45) is 5.92 Å². The molecule has 2 saturated heterocycles. The maximum Gasteiger partial charge on any atom is 0.309 e. The second kappa shape index (κ2) is 9.00. The van der Waals surface area contributed by atoms with Crippen molar-refractivity contribution >= 4 is 11.9 Å². The van der Waals surface area contributed by atoms with Gasteiger partial charge in [-0.1, -0.05) is 0 Å². The lowest BCUT2D eigenvalue weighted by molar-refractivity contribution is -0.918. The first-order valence-corrected chi connectivity index (χ1v) is 10.5. The first-order chi connectivity index (χ1) is 14.1. The molecule has 29 heavy (non-hydrogen) atoms. The largest absolute Gasteiger partial charge is 0.469 e. The maximum absolute atomic E-state index is 12.7. The van der Waals surface area contributed by atoms with E-state index in [-0.39, 0.29) is 17.8 Å². The molecule has 2 N–H and O–H groups in total. The molecule has 0 aromatic heterocycles. The number of quaternary nitrogens is 2. The number of fused-ring (bicyclic) bond motifs is 1. The van der Waals surface area contributed by atoms with E-state index in [9.17, 15) is 9.59 Å². The fourth-order valence-electron chi connectivity index (χ4n) is 4.52. The standard InChI is InChI=1S/C21H29N3O5/c1-27-21(26)17-4-6-22(7-5-17)14-20(25)24-10-8-23(9-11-24)13-16-2-3-18-19(12-16)29-15-28-18/h2-3,12,17H,4-11,13-15H2,1H3/p+2. The van der Waals surface area contributed by atoms with Crippen LogP contribution >= 0.6 is 0 Å². The molecule has 1 aromatic rings. The molecule has 3 aliphatic rings. The number of hydrogen-bond donors (Lipinski definition) is 2. The summed E-state index contributed by atoms with van der Waals surface area (Å²) >= 11 is 0. The Labute approximate surface area is 171 Å². The number of nitrogens with zero attached hydrogens (tertiary/aromatic N) is 1. The number of carbonyl (C=O) groups excluding carboxylic acids is 2. The van der Waals surface area contributed by atoms with E-state index < -0.39 is 0 Å². The fourth-order valence-corrected chi connectivity index (χ4v) is 4.52. The van der Waals surface area contributed by atoms with Gasteiger partial charge < -0.3 is 28.9 Å². The van der Waals surface area contributed by atoms with E-state index in [1.165, 1.54) is 22.5 Å². The van der Waals surface area contributed by atoms with Crippen LogP contribution in [-0.4, -0.2) is 76.5 Å². The molecule has 0 spiro atoms. The maximum atomic E-state index is 12.7. The molecule has 1 amide bonds. The second-order valence-electron chi connectivity index (χ2n) is 8.22. The smallest absolute Gasteiger partial charge is 0.309 e. The molecule has 0 saturated carbocycles. The van der Waals surface area contributed by atoms with Gasteiger partial charge in [0.25, 0.3) is 5.91 Å². The highest BCUT2D eigenvalue weighted by atomic mass is 16.7. The van der Waals surface area contributed by atoms with Crippen LogP contribution in [0.3, 0.4) is 0 Å². The zero-order valence-electron chi connectivity index (χ0n) is 17.1. The fraction of sp³-hybridized carbons (Fsp3) is 0.619. The predicted molar refractivity (Wildman–Crippen MR) is 104 cm³/mol. The lowest BCUT2D eigenvalue weighted by Gasteiger charge is -2.34. The van der Waals surface area contributed by atoms with Gasteiger partial charge in [-0.3, -0.25) is 9.59 Å². The third kappa shape index (κ3) is 4.82. The molecule has 8 heteroatoms. The molecular weight excluding hydrogens is 374 g/mol. The lowest BCUT2D eigenvalue weighted by Crippen LogP contribution is -3.15. The zero-order valence-corrected chi connectivity index (χ0v) is 17.1. The van der Waals surface area contributed by atoms with Gasteiger partial charge in [-0.25, -0.2) is 0 Å². The molecular formula is C21H31N3O5+2. The van der Waals surface area contributed by atoms with Crippen LogP contribution in [0.1, 0.15) is 18.4 Å². The lowest BCUT2D eigenvalue weighted by atomic mass is 9.97. The number of methoxy groups -OCH3 is 1. The number of piperidine rings is 1. The normalized spacial score (nSPS) is 24.4. The van der Waals surface area contributed by atoms with Crippen LogP contribution in [-0.2, 0) is 20.9 Å². The quantitative estimate of drug-likeness (QED) is 0.561. The van der Waals surface area contributed by atoms with Crippen LogP contribution in [0.5, 0.6) is 11.5 Å². The molecule has 0 atom stereocenters. The Balaban J connectivity index is 1.19. The number of esters is 1. The molecule has 0 bridgehead atoms. The minimum atomic E-state index is -0.114. The van der Waals surface area contributed by atoms with Crippen molar-refractivity contribution < 1.29 is 33.6 Å². The summed E-state index contributed by atoms with van der Waals surface area (Å²) in [6.45, 7) is 7.01. The van der Waals surface area contributed by atoms with Crippen molar-refractivity contribution in [2.75, 3.05) is 59.7 Å². The number of amides is 1. The first-order valence-electron chi connectivity index (χ1n) is 10.5. The molecule has 0 aliphatic carbocycles. The summed E-state index contributed by atoms with van der Waals surface area (Å²) in [6, 6.07) is 6.14. The van der Waals surface area contributed by atoms with Crippen molar-refractivity contribution in [3.8, 4) is 11.5 Å². The number of nitrogens with one attached hydrogen (secondary N) is 2. The number of hydrogen-bond acceptors (Lipinski definition) is 5. The summed E-state index contributed by atoms with van der Waals surface area (Å²) in [5.41, 5.74) is 1.24. The summed E-state index contributed by atoms with van der Waals surface area (Å²) < 4.78 is 15.7. The van der Waals surface area contributed by atoms with Crippen LogP contribution < -0.4 is 19.3 Å². The molecule has 8 nitrogen and oxygen atoms in total. The molecule has 0 unspecified atom stereocenters. The van der Waals surface area contributed by atoms with Gasteiger partial charge in [0.2, 0.25) is 6.79 Å². The Morgan fingerprint density at radius 3 is 2.52 bits per heavy atom. The highest BCUT2D eigenvalue weighted by Crippen LogP contribution is 2.32. The Bertz CT molecular complexity index is 740. The number of carbonyl (C=O) groups is 2. The third-order valence-electron chi connectivity index (χ3n) is 6.34. The van der Waals surface area contributed by atoms with E-state index in [0.717, 1.165) is 70.2 Å². The van der Waals surface area contributed by atoms with Gasteiger partial charge in [-0.2, -0.15) is 0 Å². The van der Waals surface area contributed by atoms with Crippen LogP contribution in [0.2, 0.25) is 0 Å². The molecule has 2 fully saturated rings. The minimum absolute atomic E-state index is 0.00202. The van der Waals surface area contributed by atoms with Gasteiger partial charge in [-0.05, 0) is 18.2 Å². The Kier molecular flexibility index (Phi) is 6.20. The molecule has 3 heterocycles. The summed E-state index contributed by atoms with van der Waals surface area (Å²) in [4.78, 5) is 29.1. The second-order valence-corrected chi connectivity index (χ2v) is 8.22. The Morgan fingerprint density at radius 2 is 1.79 bits per heavy atom. The van der Waals surface area contributed by atoms with Crippen molar-refractivity contribution in [2.45, 2.75) is 19.4 Å². The van der Waals surface area contributed by atoms with Crippen LogP contribution in [0, 0.1) is 5.92 Å². The van der Waals surface area contributed by atoms with E-state index in [2.05, 4.69) is 12.1 Å². The average Bonchev–Trinajstić information content (AvgIpc) is 3.22. The van der Waals surface area contributed by atoms with Gasteiger partial charge in [0, 0.05) is 18.4 Å². The highest BCUT2D eigenvalue weighted by molar-refractivity contribution is 5.77. The van der Waals surface area contributed by atoms with Crippen molar-refractivity contribution in [3.63, 3.8) is 0 Å². The van der Waals surface area contributed by atoms with E-state index in [4.69, 9.17) is 14.2 Å². The van der Waals surface area contributed by atoms with Gasteiger partial charge in [0.1, 0.15) is 6.54 Å². The van der Waals surface area contributed by atoms with E-state index in [1.54, 1.807) is 0 Å². The SMILES string of the molecule is COC(=O)C1CC[NH+](CC(=O)N2CC[NH+](Cc3ccc4c(c3)OCO4)CC2)CC1. The van der Waals surface area contributed by atoms with Gasteiger partial charge in [0.15, 0.2) is 18.0 Å². The Morgan fingerprint density at radius 1 is 1.07 bits per heavy atom. The molecule has 158 valence electrons. The van der Waals surface area contributed by atoms with E-state index in [1.807, 2.05) is 11.0 Å². The van der Waals surface area contributed by atoms with Crippen LogP contribution in [0.25, 0.3) is 0 Å². The van der Waals surface area contributed by atoms with Crippen molar-refractivity contribution in [1.29, 1.82) is 0 Å². The van der Waals surface area contributed by atoms with E-state index >= 15 is 0 Å². The monoisotopic (exact) mass is 405 g/mol. The van der Waals surface area contributed by atoms with Gasteiger partial charge in [-0.15, -0.1) is 0 Å². The Hall–Kier alpha value is -2.32. The minimum Gasteiger partial charge on any atom is -0.469 e. The number of likely N-dealkylation sites (tertiary alicyclic amines) is 1. The predicted octanol–water partition coefficient (Wildman–Crippen LogP) is -1.89. The van der Waals surface area contributed by atoms with Crippen molar-refractivity contribution in [3.05, 3.63) is 23.8 Å². The number of rotatable bonds is 5. The average molecular weight is 405 g/mol. The molecule has 0 radical (unpaired) electrons. The number of piperazine rings is 1. The van der Waals surface area contributed by atoms with Crippen LogP contribution in [0.4, 0.5) is 0 Å². The molecule has 4 rings (SSSR count). The molecule has 3 aliphatic heterocycles. The van der Waals surface area contributed by atoms with Gasteiger partial charge in [0.05, 0.1) is 52.3 Å². The number of ether oxygens (including phenoxy) is 3. The highest BCUT2D eigenvalue weighted by Gasteiger charge is 2.31. The first kappa shape index (κ1) is 20.0. The summed E-state index contributed by atoms with van der Waals surface area (Å²) in [6.07, 6.45) is 1.62. The van der Waals surface area contributed by atoms with Crippen LogP contribution in [0.15, 0.2) is 18.2 Å². The van der Waals surface area contributed by atoms with E-state index in [0.29, 0.717) is 13.3 Å². The van der Waals surface area contributed by atoms with Crippen molar-refractivity contribution in [1.82, 2.24) is 4.90 Å². The zero-order chi connectivity index (χ0) is 20.2. The summed E-state index contributed by atoms with van der Waals surface area (Å²) in [5.74, 6) is 1.77. The topological polar surface area (TPSA) is 74.0 Å².